The van der Waals surface area contributed by atoms with Crippen LogP contribution in [0.2, 0.25) is 0 Å². The van der Waals surface area contributed by atoms with Crippen LogP contribution in [0.1, 0.15) is 12.5 Å². The van der Waals surface area contributed by atoms with Crippen LogP contribution in [0.5, 0.6) is 0 Å². The van der Waals surface area contributed by atoms with Gasteiger partial charge in [-0.15, -0.1) is 0 Å². The number of imide groups is 1. The number of hydrogen-bond acceptors (Lipinski definition) is 4. The number of amides is 5. The molecule has 1 fully saturated rings. The molecule has 8 heteroatoms. The maximum Gasteiger partial charge on any atom is 0.331 e. The Morgan fingerprint density at radius 2 is 1.91 bits per heavy atom. The minimum Gasteiger partial charge on any atom is -0.369 e. The molecule has 1 aromatic rings. The molecule has 0 atom stereocenters. The quantitative estimate of drug-likeness (QED) is 0.737. The second-order valence-corrected chi connectivity index (χ2v) is 5.05. The number of nitrogens with one attached hydrogen (secondary N) is 1. The van der Waals surface area contributed by atoms with E-state index >= 15 is 0 Å². The van der Waals surface area contributed by atoms with Gasteiger partial charge in [0.05, 0.1) is 6.42 Å². The number of carbonyl (C=O) groups excluding carboxylic acids is 4. The van der Waals surface area contributed by atoms with Gasteiger partial charge >= 0.3 is 17.8 Å². The maximum absolute atomic E-state index is 12.5. The van der Waals surface area contributed by atoms with E-state index in [2.05, 4.69) is 5.32 Å². The Labute approximate surface area is 133 Å². The first-order chi connectivity index (χ1) is 10.9. The summed E-state index contributed by atoms with van der Waals surface area (Å²) in [7, 11) is 0. The molecule has 23 heavy (non-hydrogen) atoms. The summed E-state index contributed by atoms with van der Waals surface area (Å²) in [5, 5.41) is 2.39. The Balaban J connectivity index is 2.18. The van der Waals surface area contributed by atoms with Gasteiger partial charge in [-0.25, -0.2) is 4.79 Å². The summed E-state index contributed by atoms with van der Waals surface area (Å²) in [6, 6.07) is 6.19. The van der Waals surface area contributed by atoms with Crippen molar-refractivity contribution >= 4 is 29.4 Å². The summed E-state index contributed by atoms with van der Waals surface area (Å²) in [4.78, 5) is 48.9. The van der Waals surface area contributed by atoms with Crippen LogP contribution in [0.15, 0.2) is 24.3 Å². The Hall–Kier alpha value is -2.90. The summed E-state index contributed by atoms with van der Waals surface area (Å²) in [5.74, 6) is -2.08. The number of primary amides is 1. The lowest BCUT2D eigenvalue weighted by molar-refractivity contribution is -0.145. The fraction of sp³-hybridized carbons (Fsp3) is 0.333. The predicted molar refractivity (Wildman–Crippen MR) is 82.5 cm³/mol. The monoisotopic (exact) mass is 318 g/mol. The summed E-state index contributed by atoms with van der Waals surface area (Å²) >= 11 is 0. The first-order valence-electron chi connectivity index (χ1n) is 7.22. The average molecular weight is 318 g/mol. The number of carbonyl (C=O) groups is 4. The second-order valence-electron chi connectivity index (χ2n) is 5.05. The molecule has 0 radical (unpaired) electrons. The van der Waals surface area contributed by atoms with Crippen LogP contribution in [-0.2, 0) is 20.8 Å². The summed E-state index contributed by atoms with van der Waals surface area (Å²) in [6.07, 6.45) is 0.116. The molecule has 0 saturated carbocycles. The van der Waals surface area contributed by atoms with Gasteiger partial charge in [0.1, 0.15) is 0 Å². The highest BCUT2D eigenvalue weighted by atomic mass is 16.2. The van der Waals surface area contributed by atoms with Crippen molar-refractivity contribution in [2.75, 3.05) is 24.5 Å². The van der Waals surface area contributed by atoms with Crippen molar-refractivity contribution in [3.8, 4) is 0 Å². The Morgan fingerprint density at radius 3 is 2.48 bits per heavy atom. The third kappa shape index (κ3) is 3.65. The lowest BCUT2D eigenvalue weighted by atomic mass is 10.1. The van der Waals surface area contributed by atoms with Crippen LogP contribution >= 0.6 is 0 Å². The smallest absolute Gasteiger partial charge is 0.331 e. The molecule has 1 aliphatic heterocycles. The predicted octanol–water partition coefficient (Wildman–Crippen LogP) is -0.381. The van der Waals surface area contributed by atoms with Crippen molar-refractivity contribution in [2.24, 2.45) is 5.73 Å². The zero-order chi connectivity index (χ0) is 17.0. The highest BCUT2D eigenvalue weighted by Gasteiger charge is 2.33. The molecule has 122 valence electrons. The number of nitrogens with zero attached hydrogens (tertiary/aromatic N) is 2. The number of piperazine rings is 1. The van der Waals surface area contributed by atoms with Crippen LogP contribution in [-0.4, -0.2) is 48.3 Å². The summed E-state index contributed by atoms with van der Waals surface area (Å²) in [5.41, 5.74) is 6.45. The van der Waals surface area contributed by atoms with Crippen LogP contribution < -0.4 is 16.0 Å². The van der Waals surface area contributed by atoms with Gasteiger partial charge in [0.2, 0.25) is 5.91 Å². The summed E-state index contributed by atoms with van der Waals surface area (Å²) in [6.45, 7) is 2.48. The highest BCUT2D eigenvalue weighted by molar-refractivity contribution is 6.38. The van der Waals surface area contributed by atoms with E-state index in [1.54, 1.807) is 31.2 Å². The molecule has 0 spiro atoms. The van der Waals surface area contributed by atoms with Gasteiger partial charge in [0.25, 0.3) is 0 Å². The molecule has 8 nitrogen and oxygen atoms in total. The number of benzene rings is 1. The third-order valence-electron chi connectivity index (χ3n) is 3.46. The molecule has 0 aliphatic carbocycles. The fourth-order valence-electron chi connectivity index (χ4n) is 2.33. The topological polar surface area (TPSA) is 113 Å². The Morgan fingerprint density at radius 1 is 1.26 bits per heavy atom. The molecule has 0 bridgehead atoms. The van der Waals surface area contributed by atoms with Crippen molar-refractivity contribution in [2.45, 2.75) is 13.3 Å². The van der Waals surface area contributed by atoms with E-state index in [0.717, 1.165) is 10.5 Å². The van der Waals surface area contributed by atoms with Crippen molar-refractivity contribution in [1.29, 1.82) is 0 Å². The summed E-state index contributed by atoms with van der Waals surface area (Å²) < 4.78 is 0. The number of rotatable bonds is 4. The number of anilines is 1. The molecule has 0 aromatic heterocycles. The van der Waals surface area contributed by atoms with Crippen molar-refractivity contribution in [1.82, 2.24) is 10.2 Å². The maximum atomic E-state index is 12.5. The molecule has 5 amide bonds. The zero-order valence-electron chi connectivity index (χ0n) is 12.7. The van der Waals surface area contributed by atoms with Gasteiger partial charge in [-0.05, 0) is 24.6 Å². The molecule has 0 unspecified atom stereocenters. The highest BCUT2D eigenvalue weighted by Crippen LogP contribution is 2.18. The first-order valence-corrected chi connectivity index (χ1v) is 7.22. The fourth-order valence-corrected chi connectivity index (χ4v) is 2.33. The van der Waals surface area contributed by atoms with E-state index in [4.69, 9.17) is 5.73 Å². The number of nitrogens with two attached hydrogens (primary N) is 1. The molecular formula is C15H18N4O4. The van der Waals surface area contributed by atoms with Gasteiger partial charge in [0.15, 0.2) is 0 Å². The van der Waals surface area contributed by atoms with E-state index in [0.29, 0.717) is 12.2 Å². The molecular weight excluding hydrogens is 300 g/mol. The van der Waals surface area contributed by atoms with E-state index in [1.807, 2.05) is 0 Å². The zero-order valence-corrected chi connectivity index (χ0v) is 12.7. The minimum absolute atomic E-state index is 0.116. The van der Waals surface area contributed by atoms with E-state index < -0.39 is 23.8 Å². The molecule has 3 N–H and O–H groups in total. The van der Waals surface area contributed by atoms with Crippen LogP contribution in [0, 0.1) is 0 Å². The lowest BCUT2D eigenvalue weighted by Crippen LogP contribution is -2.57. The van der Waals surface area contributed by atoms with E-state index in [1.165, 1.54) is 4.90 Å². The standard InChI is InChI=1S/C15H18N4O4/c1-2-18(11-5-3-10(4-6-11)9-12(16)20)15(23)19-8-7-17-13(21)14(19)22/h3-6H,2,7-9H2,1H3,(H2,16,20)(H,17,21). The van der Waals surface area contributed by atoms with Gasteiger partial charge < -0.3 is 11.1 Å². The lowest BCUT2D eigenvalue weighted by Gasteiger charge is -2.30. The van der Waals surface area contributed by atoms with Crippen molar-refractivity contribution in [3.63, 3.8) is 0 Å². The Bertz CT molecular complexity index is 641. The third-order valence-corrected chi connectivity index (χ3v) is 3.46. The minimum atomic E-state index is -0.856. The van der Waals surface area contributed by atoms with E-state index in [9.17, 15) is 19.2 Å². The molecule has 1 saturated heterocycles. The molecule has 1 aromatic carbocycles. The van der Waals surface area contributed by atoms with Gasteiger partial charge in [-0.2, -0.15) is 0 Å². The van der Waals surface area contributed by atoms with Gasteiger partial charge in [0, 0.05) is 25.3 Å². The second kappa shape index (κ2) is 6.91. The number of hydrogen-bond donors (Lipinski definition) is 2. The molecule has 2 rings (SSSR count). The SMILES string of the molecule is CCN(C(=O)N1CCNC(=O)C1=O)c1ccc(CC(N)=O)cc1. The Kier molecular flexibility index (Phi) is 4.95. The van der Waals surface area contributed by atoms with Crippen molar-refractivity contribution < 1.29 is 19.2 Å². The normalized spacial score (nSPS) is 14.4. The molecule has 1 heterocycles. The van der Waals surface area contributed by atoms with Crippen molar-refractivity contribution in [3.05, 3.63) is 29.8 Å². The number of urea groups is 1. The molecule has 1 aliphatic rings. The average Bonchev–Trinajstić information content (AvgIpc) is 2.51. The van der Waals surface area contributed by atoms with Crippen LogP contribution in [0.25, 0.3) is 0 Å². The van der Waals surface area contributed by atoms with Gasteiger partial charge in [-0.3, -0.25) is 24.2 Å². The van der Waals surface area contributed by atoms with Gasteiger partial charge in [-0.1, -0.05) is 12.1 Å². The largest absolute Gasteiger partial charge is 0.369 e. The van der Waals surface area contributed by atoms with Crippen LogP contribution in [0.4, 0.5) is 10.5 Å². The van der Waals surface area contributed by atoms with Crippen LogP contribution in [0.3, 0.4) is 0 Å². The first kappa shape index (κ1) is 16.5. The van der Waals surface area contributed by atoms with E-state index in [-0.39, 0.29) is 19.5 Å².